The van der Waals surface area contributed by atoms with Crippen LogP contribution < -0.4 is 0 Å². The predicted molar refractivity (Wildman–Crippen MR) is 75.1 cm³/mol. The largest absolute Gasteiger partial charge is 0.388 e. The van der Waals surface area contributed by atoms with Gasteiger partial charge in [0.1, 0.15) is 5.60 Å². The van der Waals surface area contributed by atoms with Gasteiger partial charge in [0, 0.05) is 26.1 Å². The molecule has 2 bridgehead atoms. The van der Waals surface area contributed by atoms with E-state index in [1.54, 1.807) is 14.2 Å². The topological polar surface area (TPSA) is 35.5 Å². The van der Waals surface area contributed by atoms with Gasteiger partial charge in [-0.2, -0.15) is 0 Å². The summed E-state index contributed by atoms with van der Waals surface area (Å²) in [6.45, 7) is 6.61. The van der Waals surface area contributed by atoms with Crippen LogP contribution in [0.15, 0.2) is 0 Å². The van der Waals surface area contributed by atoms with Crippen molar-refractivity contribution in [2.24, 2.45) is 11.3 Å². The fourth-order valence-electron chi connectivity index (χ4n) is 4.36. The van der Waals surface area contributed by atoms with E-state index >= 15 is 0 Å². The number of Topliss-reactive ketones (excluding diaryl/α,β-unsaturated/α-hetero) is 1. The van der Waals surface area contributed by atoms with Gasteiger partial charge in [-0.15, -0.1) is 0 Å². The number of methoxy groups -OCH3 is 1. The number of ether oxygens (including phenoxy) is 2. The Labute approximate surface area is 117 Å². The summed E-state index contributed by atoms with van der Waals surface area (Å²) < 4.78 is 10.6. The Morgan fingerprint density at radius 1 is 1.21 bits per heavy atom. The van der Waals surface area contributed by atoms with E-state index in [2.05, 4.69) is 25.5 Å². The van der Waals surface area contributed by atoms with E-state index < -0.39 is 5.60 Å². The second kappa shape index (κ2) is 4.85. The number of ketones is 1. The van der Waals surface area contributed by atoms with Crippen molar-refractivity contribution >= 4 is 5.78 Å². The zero-order valence-electron chi connectivity index (χ0n) is 13.0. The summed E-state index contributed by atoms with van der Waals surface area (Å²) in [6, 6.07) is 0. The maximum Gasteiger partial charge on any atom is 0.165 e. The first-order valence-electron chi connectivity index (χ1n) is 7.45. The number of fused-ring (bicyclic) bond motifs is 1. The first-order valence-corrected chi connectivity index (χ1v) is 7.45. The third-order valence-electron chi connectivity index (χ3n) is 5.56. The summed E-state index contributed by atoms with van der Waals surface area (Å²) in [6.07, 6.45) is 6.35. The van der Waals surface area contributed by atoms with Gasteiger partial charge < -0.3 is 9.47 Å². The van der Waals surface area contributed by atoms with Crippen LogP contribution in [0.25, 0.3) is 0 Å². The van der Waals surface area contributed by atoms with Crippen LogP contribution in [-0.4, -0.2) is 31.2 Å². The standard InChI is InChI=1S/C14H22O2.C2H6O/c1-12(2)10-6-8-13(3)7-4-5-11(15)14(13,9-10)16-12;1-3-2/h10H,4-9H2,1-3H3;1-2H3/t10?,13-,14?;/m0./s1. The normalized spacial score (nSPS) is 43.2. The van der Waals surface area contributed by atoms with Crippen LogP contribution >= 0.6 is 0 Å². The van der Waals surface area contributed by atoms with Crippen LogP contribution in [-0.2, 0) is 14.3 Å². The summed E-state index contributed by atoms with van der Waals surface area (Å²) >= 11 is 0. The summed E-state index contributed by atoms with van der Waals surface area (Å²) in [5.41, 5.74) is -0.394. The number of rotatable bonds is 0. The van der Waals surface area contributed by atoms with Crippen molar-refractivity contribution in [2.75, 3.05) is 14.2 Å². The highest BCUT2D eigenvalue weighted by molar-refractivity contribution is 5.89. The van der Waals surface area contributed by atoms with Crippen LogP contribution in [0, 0.1) is 11.3 Å². The highest BCUT2D eigenvalue weighted by Gasteiger charge is 2.66. The van der Waals surface area contributed by atoms with Crippen LogP contribution in [0.2, 0.25) is 0 Å². The second-order valence-corrected chi connectivity index (χ2v) is 7.22. The molecule has 110 valence electrons. The van der Waals surface area contributed by atoms with Crippen LogP contribution in [0.1, 0.15) is 59.3 Å². The summed E-state index contributed by atoms with van der Waals surface area (Å²) in [5.74, 6) is 0.971. The van der Waals surface area contributed by atoms with Gasteiger partial charge in [0.25, 0.3) is 0 Å². The van der Waals surface area contributed by atoms with Gasteiger partial charge in [0.2, 0.25) is 0 Å². The van der Waals surface area contributed by atoms with Crippen molar-refractivity contribution in [1.82, 2.24) is 0 Å². The smallest absolute Gasteiger partial charge is 0.165 e. The van der Waals surface area contributed by atoms with Gasteiger partial charge >= 0.3 is 0 Å². The molecule has 2 aliphatic carbocycles. The van der Waals surface area contributed by atoms with Crippen molar-refractivity contribution in [2.45, 2.75) is 70.5 Å². The Hall–Kier alpha value is -0.410. The fourth-order valence-corrected chi connectivity index (χ4v) is 4.36. The Morgan fingerprint density at radius 3 is 2.47 bits per heavy atom. The monoisotopic (exact) mass is 268 g/mol. The molecule has 0 aromatic rings. The third kappa shape index (κ3) is 2.15. The average molecular weight is 268 g/mol. The first-order chi connectivity index (χ1) is 8.81. The molecule has 3 fully saturated rings. The van der Waals surface area contributed by atoms with Crippen molar-refractivity contribution in [3.05, 3.63) is 0 Å². The Balaban J connectivity index is 0.000000408. The molecule has 0 aromatic carbocycles. The molecule has 3 nitrogen and oxygen atoms in total. The van der Waals surface area contributed by atoms with E-state index in [4.69, 9.17) is 4.74 Å². The van der Waals surface area contributed by atoms with E-state index in [0.29, 0.717) is 11.7 Å². The molecular formula is C16H28O3. The molecule has 0 radical (unpaired) electrons. The molecule has 3 heteroatoms. The molecule has 3 aliphatic rings. The molecule has 0 N–H and O–H groups in total. The van der Waals surface area contributed by atoms with E-state index in [1.807, 2.05) is 0 Å². The molecular weight excluding hydrogens is 240 g/mol. The van der Waals surface area contributed by atoms with Crippen molar-refractivity contribution in [3.8, 4) is 0 Å². The molecule has 2 saturated carbocycles. The van der Waals surface area contributed by atoms with Gasteiger partial charge in [-0.05, 0) is 51.9 Å². The minimum atomic E-state index is -0.419. The molecule has 19 heavy (non-hydrogen) atoms. The Morgan fingerprint density at radius 2 is 1.84 bits per heavy atom. The quantitative estimate of drug-likeness (QED) is 0.676. The van der Waals surface area contributed by atoms with Gasteiger partial charge in [0.05, 0.1) is 5.60 Å². The number of hydrogen-bond acceptors (Lipinski definition) is 3. The summed E-state index contributed by atoms with van der Waals surface area (Å²) in [7, 11) is 3.25. The maximum atomic E-state index is 12.4. The van der Waals surface area contributed by atoms with Crippen LogP contribution in [0.3, 0.4) is 0 Å². The van der Waals surface area contributed by atoms with E-state index in [1.165, 1.54) is 19.3 Å². The van der Waals surface area contributed by atoms with E-state index in [0.717, 1.165) is 19.3 Å². The number of carbonyl (C=O) groups is 1. The van der Waals surface area contributed by atoms with Crippen LogP contribution in [0.5, 0.6) is 0 Å². The highest BCUT2D eigenvalue weighted by atomic mass is 16.5. The third-order valence-corrected chi connectivity index (χ3v) is 5.56. The molecule has 1 heterocycles. The minimum Gasteiger partial charge on any atom is -0.388 e. The molecule has 3 atom stereocenters. The Bertz CT molecular complexity index is 363. The Kier molecular flexibility index (Phi) is 3.83. The van der Waals surface area contributed by atoms with Crippen LogP contribution in [0.4, 0.5) is 0 Å². The lowest BCUT2D eigenvalue weighted by molar-refractivity contribution is -0.181. The van der Waals surface area contributed by atoms with Gasteiger partial charge in [-0.1, -0.05) is 6.92 Å². The zero-order valence-corrected chi connectivity index (χ0v) is 13.0. The molecule has 0 amide bonds. The lowest BCUT2D eigenvalue weighted by Gasteiger charge is -2.50. The number of hydrogen-bond donors (Lipinski definition) is 0. The lowest BCUT2D eigenvalue weighted by Crippen LogP contribution is -2.56. The minimum absolute atomic E-state index is 0.0925. The molecule has 0 aromatic heterocycles. The van der Waals surface area contributed by atoms with Gasteiger partial charge in [-0.25, -0.2) is 0 Å². The average Bonchev–Trinajstić information content (AvgIpc) is 2.54. The number of carbonyl (C=O) groups excluding carboxylic acids is 1. The second-order valence-electron chi connectivity index (χ2n) is 7.22. The maximum absolute atomic E-state index is 12.4. The molecule has 3 rings (SSSR count). The van der Waals surface area contributed by atoms with E-state index in [9.17, 15) is 4.79 Å². The molecule has 1 spiro atoms. The van der Waals surface area contributed by atoms with Crippen molar-refractivity contribution in [1.29, 1.82) is 0 Å². The lowest BCUT2D eigenvalue weighted by atomic mass is 9.55. The fraction of sp³-hybridized carbons (Fsp3) is 0.938. The predicted octanol–water partition coefficient (Wildman–Crippen LogP) is 3.36. The van der Waals surface area contributed by atoms with Gasteiger partial charge in [0.15, 0.2) is 5.78 Å². The van der Waals surface area contributed by atoms with Crippen molar-refractivity contribution in [3.63, 3.8) is 0 Å². The van der Waals surface area contributed by atoms with Crippen molar-refractivity contribution < 1.29 is 14.3 Å². The SMILES string of the molecule is CC1(C)OC23CC1CC[C@]2(C)CCCC3=O.COC. The molecule has 1 saturated heterocycles. The molecule has 2 unspecified atom stereocenters. The van der Waals surface area contributed by atoms with Gasteiger partial charge in [-0.3, -0.25) is 4.79 Å². The van der Waals surface area contributed by atoms with E-state index in [-0.39, 0.29) is 11.0 Å². The summed E-state index contributed by atoms with van der Waals surface area (Å²) in [4.78, 5) is 12.4. The first kappa shape index (κ1) is 15.0. The molecule has 1 aliphatic heterocycles. The zero-order chi connectivity index (χ0) is 14.3. The summed E-state index contributed by atoms with van der Waals surface area (Å²) in [5, 5.41) is 0. The highest BCUT2D eigenvalue weighted by Crippen LogP contribution is 2.62.